The highest BCUT2D eigenvalue weighted by Gasteiger charge is 2.02. The SMILES string of the molecule is Cc1cccc2c1ccn2CCCN(C)C. The number of benzene rings is 1. The number of hydrogen-bond acceptors (Lipinski definition) is 1. The minimum atomic E-state index is 1.10. The first-order valence-electron chi connectivity index (χ1n) is 5.87. The maximum atomic E-state index is 2.35. The Labute approximate surface area is 97.5 Å². The largest absolute Gasteiger partial charge is 0.347 e. The summed E-state index contributed by atoms with van der Waals surface area (Å²) < 4.78 is 2.35. The van der Waals surface area contributed by atoms with Crippen LogP contribution < -0.4 is 0 Å². The van der Waals surface area contributed by atoms with E-state index < -0.39 is 0 Å². The van der Waals surface area contributed by atoms with E-state index in [0.29, 0.717) is 0 Å². The Morgan fingerprint density at radius 1 is 1.19 bits per heavy atom. The molecule has 0 spiro atoms. The summed E-state index contributed by atoms with van der Waals surface area (Å²) in [4.78, 5) is 2.23. The lowest BCUT2D eigenvalue weighted by atomic mass is 10.1. The average Bonchev–Trinajstić information content (AvgIpc) is 2.63. The van der Waals surface area contributed by atoms with Crippen molar-refractivity contribution in [3.63, 3.8) is 0 Å². The molecule has 1 aromatic heterocycles. The number of aromatic nitrogens is 1. The predicted octanol–water partition coefficient (Wildman–Crippen LogP) is 2.90. The van der Waals surface area contributed by atoms with Crippen LogP contribution in [0.1, 0.15) is 12.0 Å². The van der Waals surface area contributed by atoms with E-state index in [1.165, 1.54) is 22.9 Å². The van der Waals surface area contributed by atoms with Gasteiger partial charge < -0.3 is 9.47 Å². The van der Waals surface area contributed by atoms with Crippen LogP contribution in [0, 0.1) is 6.92 Å². The van der Waals surface area contributed by atoms with Gasteiger partial charge in [-0.1, -0.05) is 12.1 Å². The van der Waals surface area contributed by atoms with Crippen molar-refractivity contribution in [2.75, 3.05) is 20.6 Å². The van der Waals surface area contributed by atoms with Gasteiger partial charge in [0, 0.05) is 23.6 Å². The molecule has 0 N–H and O–H groups in total. The van der Waals surface area contributed by atoms with Gasteiger partial charge in [0.2, 0.25) is 0 Å². The maximum Gasteiger partial charge on any atom is 0.0482 e. The van der Waals surface area contributed by atoms with E-state index >= 15 is 0 Å². The fourth-order valence-electron chi connectivity index (χ4n) is 2.13. The molecule has 2 aromatic rings. The summed E-state index contributed by atoms with van der Waals surface area (Å²) in [6, 6.07) is 8.74. The molecule has 2 rings (SSSR count). The van der Waals surface area contributed by atoms with Crippen LogP contribution >= 0.6 is 0 Å². The Kier molecular flexibility index (Phi) is 3.30. The molecule has 0 saturated carbocycles. The molecule has 0 aliphatic heterocycles. The van der Waals surface area contributed by atoms with Crippen LogP contribution in [0.5, 0.6) is 0 Å². The average molecular weight is 216 g/mol. The summed E-state index contributed by atoms with van der Waals surface area (Å²) in [6.07, 6.45) is 3.40. The van der Waals surface area contributed by atoms with Gasteiger partial charge in [0.15, 0.2) is 0 Å². The lowest BCUT2D eigenvalue weighted by Crippen LogP contribution is -2.14. The summed E-state index contributed by atoms with van der Waals surface area (Å²) in [5.41, 5.74) is 2.72. The molecule has 0 aliphatic rings. The smallest absolute Gasteiger partial charge is 0.0482 e. The molecule has 16 heavy (non-hydrogen) atoms. The summed E-state index contributed by atoms with van der Waals surface area (Å²) >= 11 is 0. The Hall–Kier alpha value is -1.28. The van der Waals surface area contributed by atoms with Crippen molar-refractivity contribution in [3.05, 3.63) is 36.0 Å². The standard InChI is InChI=1S/C14H20N2/c1-12-6-4-7-14-13(12)8-11-16(14)10-5-9-15(2)3/h4,6-8,11H,5,9-10H2,1-3H3. The molecule has 0 fully saturated rings. The molecule has 0 unspecified atom stereocenters. The number of aryl methyl sites for hydroxylation is 2. The number of fused-ring (bicyclic) bond motifs is 1. The van der Waals surface area contributed by atoms with E-state index in [4.69, 9.17) is 0 Å². The van der Waals surface area contributed by atoms with Crippen LogP contribution in [0.2, 0.25) is 0 Å². The molecule has 1 aromatic carbocycles. The normalized spacial score (nSPS) is 11.5. The first-order valence-corrected chi connectivity index (χ1v) is 5.87. The van der Waals surface area contributed by atoms with Crippen molar-refractivity contribution in [1.29, 1.82) is 0 Å². The topological polar surface area (TPSA) is 8.17 Å². The highest BCUT2D eigenvalue weighted by molar-refractivity contribution is 5.83. The van der Waals surface area contributed by atoms with E-state index in [1.54, 1.807) is 0 Å². The van der Waals surface area contributed by atoms with Gasteiger partial charge in [-0.05, 0) is 51.7 Å². The number of hydrogen-bond donors (Lipinski definition) is 0. The van der Waals surface area contributed by atoms with E-state index in [1.807, 2.05) is 0 Å². The Bertz CT molecular complexity index is 469. The number of nitrogens with zero attached hydrogens (tertiary/aromatic N) is 2. The quantitative estimate of drug-likeness (QED) is 0.763. The Morgan fingerprint density at radius 2 is 2.00 bits per heavy atom. The van der Waals surface area contributed by atoms with Crippen LogP contribution in [0.25, 0.3) is 10.9 Å². The lowest BCUT2D eigenvalue weighted by molar-refractivity contribution is 0.388. The molecule has 1 heterocycles. The molecular weight excluding hydrogens is 196 g/mol. The minimum absolute atomic E-state index is 1.10. The Balaban J connectivity index is 2.16. The van der Waals surface area contributed by atoms with Crippen LogP contribution in [0.15, 0.2) is 30.5 Å². The van der Waals surface area contributed by atoms with Crippen LogP contribution in [0.4, 0.5) is 0 Å². The first-order chi connectivity index (χ1) is 7.68. The molecule has 2 heteroatoms. The second-order valence-corrected chi connectivity index (χ2v) is 4.67. The van der Waals surface area contributed by atoms with Crippen molar-refractivity contribution in [3.8, 4) is 0 Å². The van der Waals surface area contributed by atoms with Gasteiger partial charge in [-0.15, -0.1) is 0 Å². The zero-order valence-electron chi connectivity index (χ0n) is 10.4. The highest BCUT2D eigenvalue weighted by Crippen LogP contribution is 2.19. The fraction of sp³-hybridized carbons (Fsp3) is 0.429. The summed E-state index contributed by atoms with van der Waals surface area (Å²) in [5.74, 6) is 0. The molecule has 0 radical (unpaired) electrons. The lowest BCUT2D eigenvalue weighted by Gasteiger charge is -2.10. The molecule has 0 bridgehead atoms. The van der Waals surface area contributed by atoms with Gasteiger partial charge in [0.25, 0.3) is 0 Å². The van der Waals surface area contributed by atoms with E-state index in [0.717, 1.165) is 13.1 Å². The molecule has 2 nitrogen and oxygen atoms in total. The summed E-state index contributed by atoms with van der Waals surface area (Å²) in [7, 11) is 4.25. The zero-order chi connectivity index (χ0) is 11.5. The molecular formula is C14H20N2. The van der Waals surface area contributed by atoms with Gasteiger partial charge >= 0.3 is 0 Å². The van der Waals surface area contributed by atoms with Gasteiger partial charge in [-0.2, -0.15) is 0 Å². The fourth-order valence-corrected chi connectivity index (χ4v) is 2.13. The van der Waals surface area contributed by atoms with Crippen molar-refractivity contribution < 1.29 is 0 Å². The molecule has 0 atom stereocenters. The van der Waals surface area contributed by atoms with Gasteiger partial charge in [-0.25, -0.2) is 0 Å². The molecule has 0 amide bonds. The van der Waals surface area contributed by atoms with Crippen molar-refractivity contribution in [2.45, 2.75) is 19.9 Å². The van der Waals surface area contributed by atoms with Crippen LogP contribution in [-0.2, 0) is 6.54 Å². The second kappa shape index (κ2) is 4.71. The molecule has 86 valence electrons. The van der Waals surface area contributed by atoms with Crippen molar-refractivity contribution in [2.24, 2.45) is 0 Å². The van der Waals surface area contributed by atoms with Crippen LogP contribution in [-0.4, -0.2) is 30.1 Å². The summed E-state index contributed by atoms with van der Waals surface area (Å²) in [6.45, 7) is 4.42. The maximum absolute atomic E-state index is 2.35. The predicted molar refractivity (Wildman–Crippen MR) is 69.8 cm³/mol. The number of rotatable bonds is 4. The monoisotopic (exact) mass is 216 g/mol. The van der Waals surface area contributed by atoms with E-state index in [9.17, 15) is 0 Å². The van der Waals surface area contributed by atoms with Crippen LogP contribution in [0.3, 0.4) is 0 Å². The van der Waals surface area contributed by atoms with Gasteiger partial charge in [-0.3, -0.25) is 0 Å². The van der Waals surface area contributed by atoms with Gasteiger partial charge in [0.05, 0.1) is 0 Å². The highest BCUT2D eigenvalue weighted by atomic mass is 15.1. The van der Waals surface area contributed by atoms with Crippen molar-refractivity contribution >= 4 is 10.9 Å². The zero-order valence-corrected chi connectivity index (χ0v) is 10.4. The second-order valence-electron chi connectivity index (χ2n) is 4.67. The molecule has 0 aliphatic carbocycles. The van der Waals surface area contributed by atoms with E-state index in [-0.39, 0.29) is 0 Å². The summed E-state index contributed by atoms with van der Waals surface area (Å²) in [5, 5.41) is 1.38. The third kappa shape index (κ3) is 2.27. The minimum Gasteiger partial charge on any atom is -0.347 e. The third-order valence-electron chi connectivity index (χ3n) is 3.04. The van der Waals surface area contributed by atoms with Gasteiger partial charge in [0.1, 0.15) is 0 Å². The van der Waals surface area contributed by atoms with Crippen molar-refractivity contribution in [1.82, 2.24) is 9.47 Å². The Morgan fingerprint density at radius 3 is 2.75 bits per heavy atom. The molecule has 0 saturated heterocycles. The first kappa shape index (κ1) is 11.2. The van der Waals surface area contributed by atoms with E-state index in [2.05, 4.69) is 60.9 Å². The third-order valence-corrected chi connectivity index (χ3v) is 3.04.